The highest BCUT2D eigenvalue weighted by molar-refractivity contribution is 9.10. The number of aromatic nitrogens is 1. The number of ether oxygens (including phenoxy) is 1. The Labute approximate surface area is 122 Å². The zero-order valence-corrected chi connectivity index (χ0v) is 12.1. The average Bonchev–Trinajstić information content (AvgIpc) is 2.39. The van der Waals surface area contributed by atoms with E-state index in [0.717, 1.165) is 11.6 Å². The zero-order chi connectivity index (χ0) is 14.9. The first kappa shape index (κ1) is 14.3. The van der Waals surface area contributed by atoms with Crippen molar-refractivity contribution in [3.8, 4) is 11.6 Å². The number of carbonyl (C=O) groups is 1. The fourth-order valence-corrected chi connectivity index (χ4v) is 1.92. The maximum Gasteiger partial charge on any atom is 0.251 e. The molecule has 1 aromatic carbocycles. The monoisotopic (exact) mass is 339 g/mol. The Morgan fingerprint density at radius 3 is 2.75 bits per heavy atom. The van der Waals surface area contributed by atoms with Crippen LogP contribution in [0.25, 0.3) is 0 Å². The highest BCUT2D eigenvalue weighted by Gasteiger charge is 2.13. The van der Waals surface area contributed by atoms with Crippen LogP contribution in [-0.4, -0.2) is 10.9 Å². The topological polar surface area (TPSA) is 91.2 Å². The van der Waals surface area contributed by atoms with Crippen LogP contribution in [0.3, 0.4) is 0 Å². The fourth-order valence-electron chi connectivity index (χ4n) is 1.51. The molecule has 104 valence electrons. The van der Waals surface area contributed by atoms with Crippen molar-refractivity contribution in [3.63, 3.8) is 0 Å². The number of nitrogens with zero attached hydrogens (tertiary/aromatic N) is 1. The van der Waals surface area contributed by atoms with Gasteiger partial charge >= 0.3 is 0 Å². The highest BCUT2D eigenvalue weighted by Crippen LogP contribution is 2.32. The van der Waals surface area contributed by atoms with Crippen LogP contribution in [0, 0.1) is 12.7 Å². The van der Waals surface area contributed by atoms with Gasteiger partial charge in [-0.05, 0) is 40.5 Å². The Morgan fingerprint density at radius 1 is 1.45 bits per heavy atom. The summed E-state index contributed by atoms with van der Waals surface area (Å²) in [6, 6.07) is 3.76. The van der Waals surface area contributed by atoms with E-state index >= 15 is 0 Å². The van der Waals surface area contributed by atoms with Gasteiger partial charge in [-0.3, -0.25) is 4.79 Å². The van der Waals surface area contributed by atoms with Gasteiger partial charge in [0.15, 0.2) is 0 Å². The summed E-state index contributed by atoms with van der Waals surface area (Å²) in [5.41, 5.74) is 11.8. The average molecular weight is 340 g/mol. The minimum atomic E-state index is -0.836. The number of anilines is 1. The first-order chi connectivity index (χ1) is 9.40. The van der Waals surface area contributed by atoms with Crippen LogP contribution in [0.15, 0.2) is 28.9 Å². The van der Waals surface area contributed by atoms with Gasteiger partial charge in [0.25, 0.3) is 5.91 Å². The summed E-state index contributed by atoms with van der Waals surface area (Å²) >= 11 is 3.31. The number of halogens is 2. The van der Waals surface area contributed by atoms with Crippen molar-refractivity contribution < 1.29 is 13.9 Å². The maximum atomic E-state index is 13.6. The quantitative estimate of drug-likeness (QED) is 0.899. The van der Waals surface area contributed by atoms with E-state index in [1.165, 1.54) is 18.3 Å². The third-order valence-corrected chi connectivity index (χ3v) is 3.63. The van der Waals surface area contributed by atoms with Crippen LogP contribution in [-0.2, 0) is 0 Å². The number of hydrogen-bond donors (Lipinski definition) is 2. The Kier molecular flexibility index (Phi) is 3.89. The zero-order valence-electron chi connectivity index (χ0n) is 10.5. The molecule has 20 heavy (non-hydrogen) atoms. The van der Waals surface area contributed by atoms with Crippen molar-refractivity contribution in [1.82, 2.24) is 4.98 Å². The minimum absolute atomic E-state index is 0.196. The number of pyridine rings is 1. The molecule has 0 atom stereocenters. The van der Waals surface area contributed by atoms with E-state index < -0.39 is 11.7 Å². The summed E-state index contributed by atoms with van der Waals surface area (Å²) in [6.45, 7) is 1.80. The molecule has 0 spiro atoms. The number of nitrogen functional groups attached to an aromatic ring is 1. The molecule has 2 rings (SSSR count). The molecule has 0 aliphatic rings. The summed E-state index contributed by atoms with van der Waals surface area (Å²) in [5, 5.41) is 0. The molecular formula is C13H11BrFN3O2. The van der Waals surface area contributed by atoms with Crippen molar-refractivity contribution in [2.24, 2.45) is 5.73 Å². The molecule has 0 fully saturated rings. The molecular weight excluding hydrogens is 329 g/mol. The summed E-state index contributed by atoms with van der Waals surface area (Å²) in [4.78, 5) is 14.9. The van der Waals surface area contributed by atoms with Gasteiger partial charge in [0.1, 0.15) is 11.6 Å². The molecule has 1 heterocycles. The SMILES string of the molecule is Cc1c(N)cnc(Oc2ccc(C(N)=O)c(F)c2)c1Br. The molecule has 0 aliphatic carbocycles. The summed E-state index contributed by atoms with van der Waals surface area (Å²) in [6.07, 6.45) is 1.45. The van der Waals surface area contributed by atoms with Gasteiger partial charge in [-0.25, -0.2) is 9.37 Å². The van der Waals surface area contributed by atoms with Crippen molar-refractivity contribution in [2.75, 3.05) is 5.73 Å². The van der Waals surface area contributed by atoms with E-state index in [0.29, 0.717) is 10.2 Å². The van der Waals surface area contributed by atoms with Gasteiger partial charge in [-0.2, -0.15) is 0 Å². The van der Waals surface area contributed by atoms with Gasteiger partial charge in [0.2, 0.25) is 5.88 Å². The molecule has 0 saturated carbocycles. The summed E-state index contributed by atoms with van der Waals surface area (Å²) in [5.74, 6) is -1.14. The number of amides is 1. The third-order valence-electron chi connectivity index (χ3n) is 2.69. The fraction of sp³-hybridized carbons (Fsp3) is 0.0769. The molecule has 4 N–H and O–H groups in total. The predicted molar refractivity (Wildman–Crippen MR) is 76.1 cm³/mol. The first-order valence-electron chi connectivity index (χ1n) is 5.58. The number of hydrogen-bond acceptors (Lipinski definition) is 4. The minimum Gasteiger partial charge on any atom is -0.438 e. The summed E-state index contributed by atoms with van der Waals surface area (Å²) in [7, 11) is 0. The number of primary amides is 1. The lowest BCUT2D eigenvalue weighted by Gasteiger charge is -2.10. The molecule has 0 bridgehead atoms. The number of nitrogens with two attached hydrogens (primary N) is 2. The molecule has 2 aromatic rings. The third kappa shape index (κ3) is 2.72. The second kappa shape index (κ2) is 5.46. The van der Waals surface area contributed by atoms with E-state index in [1.54, 1.807) is 6.92 Å². The number of benzene rings is 1. The van der Waals surface area contributed by atoms with E-state index in [2.05, 4.69) is 20.9 Å². The molecule has 1 amide bonds. The largest absolute Gasteiger partial charge is 0.438 e. The normalized spacial score (nSPS) is 10.3. The molecule has 0 aliphatic heterocycles. The van der Waals surface area contributed by atoms with Crippen LogP contribution >= 0.6 is 15.9 Å². The standard InChI is InChI=1S/C13H11BrFN3O2/c1-6-10(16)5-18-13(11(6)14)20-7-2-3-8(12(17)19)9(15)4-7/h2-5H,16H2,1H3,(H2,17,19). The second-order valence-corrected chi connectivity index (χ2v) is 4.86. The van der Waals surface area contributed by atoms with E-state index in [1.807, 2.05) is 0 Å². The lowest BCUT2D eigenvalue weighted by Crippen LogP contribution is -2.12. The van der Waals surface area contributed by atoms with Crippen LogP contribution < -0.4 is 16.2 Å². The Hall–Kier alpha value is -2.15. The van der Waals surface area contributed by atoms with Crippen molar-refractivity contribution in [1.29, 1.82) is 0 Å². The number of carbonyl (C=O) groups excluding carboxylic acids is 1. The Balaban J connectivity index is 2.34. The number of rotatable bonds is 3. The Morgan fingerprint density at radius 2 is 2.15 bits per heavy atom. The van der Waals surface area contributed by atoms with E-state index in [-0.39, 0.29) is 17.2 Å². The lowest BCUT2D eigenvalue weighted by atomic mass is 10.2. The highest BCUT2D eigenvalue weighted by atomic mass is 79.9. The molecule has 1 aromatic heterocycles. The molecule has 5 nitrogen and oxygen atoms in total. The van der Waals surface area contributed by atoms with E-state index in [9.17, 15) is 9.18 Å². The lowest BCUT2D eigenvalue weighted by molar-refractivity contribution is 0.0996. The van der Waals surface area contributed by atoms with Crippen molar-refractivity contribution in [2.45, 2.75) is 6.92 Å². The molecule has 0 saturated heterocycles. The van der Waals surface area contributed by atoms with Crippen LogP contribution in [0.5, 0.6) is 11.6 Å². The van der Waals surface area contributed by atoms with Crippen LogP contribution in [0.1, 0.15) is 15.9 Å². The maximum absolute atomic E-state index is 13.6. The van der Waals surface area contributed by atoms with Crippen LogP contribution in [0.2, 0.25) is 0 Å². The second-order valence-electron chi connectivity index (χ2n) is 4.07. The predicted octanol–water partition coefficient (Wildman–Crippen LogP) is 2.77. The van der Waals surface area contributed by atoms with Gasteiger partial charge in [0, 0.05) is 6.07 Å². The smallest absolute Gasteiger partial charge is 0.251 e. The van der Waals surface area contributed by atoms with Gasteiger partial charge in [-0.1, -0.05) is 0 Å². The van der Waals surface area contributed by atoms with Gasteiger partial charge in [0.05, 0.1) is 21.9 Å². The molecule has 0 radical (unpaired) electrons. The molecule has 0 unspecified atom stereocenters. The Bertz CT molecular complexity index is 692. The molecule has 7 heteroatoms. The summed E-state index contributed by atoms with van der Waals surface area (Å²) < 4.78 is 19.6. The van der Waals surface area contributed by atoms with Crippen molar-refractivity contribution >= 4 is 27.5 Å². The van der Waals surface area contributed by atoms with Gasteiger partial charge < -0.3 is 16.2 Å². The van der Waals surface area contributed by atoms with E-state index in [4.69, 9.17) is 16.2 Å². The van der Waals surface area contributed by atoms with Crippen LogP contribution in [0.4, 0.5) is 10.1 Å². The first-order valence-corrected chi connectivity index (χ1v) is 6.37. The van der Waals surface area contributed by atoms with Gasteiger partial charge in [-0.15, -0.1) is 0 Å². The van der Waals surface area contributed by atoms with Crippen molar-refractivity contribution in [3.05, 3.63) is 45.8 Å².